The maximum absolute atomic E-state index is 11.8. The molecule has 1 fully saturated rings. The Morgan fingerprint density at radius 3 is 2.89 bits per heavy atom. The molecule has 2 rings (SSSR count). The number of nitrogens with zero attached hydrogens (tertiary/aromatic N) is 3. The van der Waals surface area contributed by atoms with Crippen molar-refractivity contribution in [2.24, 2.45) is 0 Å². The van der Waals surface area contributed by atoms with Gasteiger partial charge >= 0.3 is 0 Å². The highest BCUT2D eigenvalue weighted by Crippen LogP contribution is 2.24. The molecule has 0 aliphatic heterocycles. The van der Waals surface area contributed by atoms with E-state index in [4.69, 9.17) is 0 Å². The van der Waals surface area contributed by atoms with Crippen LogP contribution in [0.2, 0.25) is 0 Å². The van der Waals surface area contributed by atoms with Crippen LogP contribution in [0.4, 0.5) is 5.13 Å². The molecule has 0 atom stereocenters. The molecule has 0 bridgehead atoms. The Hall–Kier alpha value is -1.21. The Balaban J connectivity index is 1.71. The summed E-state index contributed by atoms with van der Waals surface area (Å²) in [5.74, 6) is -0.133. The van der Waals surface area contributed by atoms with Gasteiger partial charge in [0, 0.05) is 25.7 Å². The summed E-state index contributed by atoms with van der Waals surface area (Å²) in [5.41, 5.74) is 0. The summed E-state index contributed by atoms with van der Waals surface area (Å²) in [6.45, 7) is 4.47. The van der Waals surface area contributed by atoms with Crippen molar-refractivity contribution >= 4 is 22.4 Å². The summed E-state index contributed by atoms with van der Waals surface area (Å²) in [7, 11) is 2.10. The van der Waals surface area contributed by atoms with Gasteiger partial charge in [0.1, 0.15) is 0 Å². The average Bonchev–Trinajstić information content (AvgIpc) is 3.15. The Morgan fingerprint density at radius 1 is 1.42 bits per heavy atom. The quantitative estimate of drug-likeness (QED) is 0.750. The fourth-order valence-electron chi connectivity index (χ4n) is 1.74. The number of aromatic nitrogens is 2. The van der Waals surface area contributed by atoms with Crippen LogP contribution in [0, 0.1) is 0 Å². The molecule has 1 heterocycles. The minimum absolute atomic E-state index is 0.133. The minimum atomic E-state index is -0.133. The van der Waals surface area contributed by atoms with Gasteiger partial charge in [-0.25, -0.2) is 0 Å². The maximum Gasteiger partial charge on any atom is 0.282 e. The lowest BCUT2D eigenvalue weighted by atomic mass is 10.5. The zero-order valence-electron chi connectivity index (χ0n) is 11.5. The smallest absolute Gasteiger partial charge is 0.282 e. The molecule has 7 heteroatoms. The molecule has 6 nitrogen and oxygen atoms in total. The first-order valence-electron chi connectivity index (χ1n) is 6.76. The van der Waals surface area contributed by atoms with E-state index in [1.807, 2.05) is 0 Å². The molecule has 1 saturated carbocycles. The first-order chi connectivity index (χ1) is 9.20. The average molecular weight is 283 g/mol. The van der Waals surface area contributed by atoms with Crippen LogP contribution in [0.5, 0.6) is 0 Å². The van der Waals surface area contributed by atoms with Crippen LogP contribution in [-0.2, 0) is 0 Å². The molecular weight excluding hydrogens is 262 g/mol. The van der Waals surface area contributed by atoms with Crippen LogP contribution in [0.15, 0.2) is 0 Å². The maximum atomic E-state index is 11.8. The number of likely N-dealkylation sites (N-methyl/N-ethyl adjacent to an activating group) is 1. The zero-order valence-corrected chi connectivity index (χ0v) is 12.3. The lowest BCUT2D eigenvalue weighted by molar-refractivity contribution is 0.0948. The van der Waals surface area contributed by atoms with Crippen molar-refractivity contribution in [2.75, 3.05) is 32.0 Å². The summed E-state index contributed by atoms with van der Waals surface area (Å²) in [6.07, 6.45) is 3.59. The van der Waals surface area contributed by atoms with Crippen molar-refractivity contribution in [1.82, 2.24) is 20.4 Å². The van der Waals surface area contributed by atoms with E-state index in [0.717, 1.165) is 25.6 Å². The second kappa shape index (κ2) is 6.81. The molecule has 1 aliphatic carbocycles. The van der Waals surface area contributed by atoms with E-state index in [0.29, 0.717) is 16.7 Å². The van der Waals surface area contributed by atoms with Gasteiger partial charge < -0.3 is 15.5 Å². The lowest BCUT2D eigenvalue weighted by Gasteiger charge is -2.15. The largest absolute Gasteiger partial charge is 0.360 e. The van der Waals surface area contributed by atoms with Gasteiger partial charge in [-0.3, -0.25) is 4.79 Å². The summed E-state index contributed by atoms with van der Waals surface area (Å²) in [4.78, 5) is 14.1. The molecule has 106 valence electrons. The molecule has 1 aromatic rings. The van der Waals surface area contributed by atoms with Crippen molar-refractivity contribution < 1.29 is 4.79 Å². The highest BCUT2D eigenvalue weighted by atomic mass is 32.1. The molecule has 0 saturated heterocycles. The van der Waals surface area contributed by atoms with Crippen molar-refractivity contribution in [3.8, 4) is 0 Å². The van der Waals surface area contributed by atoms with Crippen LogP contribution in [-0.4, -0.2) is 53.7 Å². The normalized spacial score (nSPS) is 14.7. The van der Waals surface area contributed by atoms with Gasteiger partial charge in [-0.15, -0.1) is 10.2 Å². The molecule has 2 N–H and O–H groups in total. The number of anilines is 1. The third-order valence-corrected chi connectivity index (χ3v) is 3.95. The van der Waals surface area contributed by atoms with Crippen molar-refractivity contribution in [3.05, 3.63) is 5.01 Å². The highest BCUT2D eigenvalue weighted by molar-refractivity contribution is 7.17. The molecule has 1 amide bonds. The van der Waals surface area contributed by atoms with Crippen LogP contribution < -0.4 is 10.6 Å². The fourth-order valence-corrected chi connectivity index (χ4v) is 2.42. The summed E-state index contributed by atoms with van der Waals surface area (Å²) < 4.78 is 0. The zero-order chi connectivity index (χ0) is 13.7. The summed E-state index contributed by atoms with van der Waals surface area (Å²) >= 11 is 1.30. The minimum Gasteiger partial charge on any atom is -0.360 e. The van der Waals surface area contributed by atoms with Gasteiger partial charge in [-0.1, -0.05) is 18.3 Å². The van der Waals surface area contributed by atoms with Crippen LogP contribution in [0.25, 0.3) is 0 Å². The Morgan fingerprint density at radius 2 is 2.21 bits per heavy atom. The van der Waals surface area contributed by atoms with Gasteiger partial charge in [0.05, 0.1) is 0 Å². The number of hydrogen-bond acceptors (Lipinski definition) is 6. The van der Waals surface area contributed by atoms with Crippen LogP contribution in [0.3, 0.4) is 0 Å². The lowest BCUT2D eigenvalue weighted by Crippen LogP contribution is -2.33. The number of carbonyl (C=O) groups is 1. The van der Waals surface area contributed by atoms with Gasteiger partial charge in [-0.05, 0) is 26.3 Å². The van der Waals surface area contributed by atoms with E-state index < -0.39 is 0 Å². The molecule has 0 unspecified atom stereocenters. The van der Waals surface area contributed by atoms with E-state index in [-0.39, 0.29) is 5.91 Å². The Kier molecular flexibility index (Phi) is 5.09. The molecule has 0 aromatic carbocycles. The first kappa shape index (κ1) is 14.2. The number of amides is 1. The topological polar surface area (TPSA) is 70.1 Å². The SMILES string of the molecule is CCCNc1nnc(C(=O)NCCN(C)C2CC2)s1. The van der Waals surface area contributed by atoms with Crippen molar-refractivity contribution in [3.63, 3.8) is 0 Å². The molecule has 0 spiro atoms. The highest BCUT2D eigenvalue weighted by Gasteiger charge is 2.25. The predicted molar refractivity (Wildman–Crippen MR) is 76.7 cm³/mol. The Bertz CT molecular complexity index is 418. The van der Waals surface area contributed by atoms with E-state index >= 15 is 0 Å². The number of nitrogens with one attached hydrogen (secondary N) is 2. The van der Waals surface area contributed by atoms with Crippen LogP contribution >= 0.6 is 11.3 Å². The number of rotatable bonds is 8. The summed E-state index contributed by atoms with van der Waals surface area (Å²) in [6, 6.07) is 0.725. The molecular formula is C12H21N5OS. The van der Waals surface area contributed by atoms with Crippen LogP contribution in [0.1, 0.15) is 36.0 Å². The predicted octanol–water partition coefficient (Wildman–Crippen LogP) is 1.18. The van der Waals surface area contributed by atoms with Gasteiger partial charge in [-0.2, -0.15) is 0 Å². The number of hydrogen-bond donors (Lipinski definition) is 2. The molecule has 0 radical (unpaired) electrons. The van der Waals surface area contributed by atoms with Gasteiger partial charge in [0.15, 0.2) is 0 Å². The van der Waals surface area contributed by atoms with E-state index in [1.54, 1.807) is 0 Å². The second-order valence-corrected chi connectivity index (χ2v) is 5.78. The monoisotopic (exact) mass is 283 g/mol. The van der Waals surface area contributed by atoms with E-state index in [1.165, 1.54) is 24.2 Å². The van der Waals surface area contributed by atoms with Crippen molar-refractivity contribution in [2.45, 2.75) is 32.2 Å². The van der Waals surface area contributed by atoms with Gasteiger partial charge in [0.2, 0.25) is 10.1 Å². The Labute approximate surface area is 117 Å². The third kappa shape index (κ3) is 4.43. The van der Waals surface area contributed by atoms with Crippen molar-refractivity contribution in [1.29, 1.82) is 0 Å². The third-order valence-electron chi connectivity index (χ3n) is 3.07. The van der Waals surface area contributed by atoms with E-state index in [2.05, 4.69) is 39.7 Å². The van der Waals surface area contributed by atoms with E-state index in [9.17, 15) is 4.79 Å². The standard InChI is InChI=1S/C12H21N5OS/c1-3-6-14-12-16-15-11(19-12)10(18)13-7-8-17(2)9-4-5-9/h9H,3-8H2,1-2H3,(H,13,18)(H,14,16). The fraction of sp³-hybridized carbons (Fsp3) is 0.750. The molecule has 1 aromatic heterocycles. The molecule has 19 heavy (non-hydrogen) atoms. The first-order valence-corrected chi connectivity index (χ1v) is 7.58. The molecule has 1 aliphatic rings. The second-order valence-electron chi connectivity index (χ2n) is 4.81. The number of carbonyl (C=O) groups excluding carboxylic acids is 1. The summed E-state index contributed by atoms with van der Waals surface area (Å²) in [5, 5.41) is 15.0. The van der Waals surface area contributed by atoms with Gasteiger partial charge in [0.25, 0.3) is 5.91 Å².